The highest BCUT2D eigenvalue weighted by Gasteiger charge is 2.02. The van der Waals surface area contributed by atoms with Gasteiger partial charge in [0.25, 0.3) is 0 Å². The van der Waals surface area contributed by atoms with Crippen molar-refractivity contribution in [3.63, 3.8) is 0 Å². The van der Waals surface area contributed by atoms with Gasteiger partial charge in [-0.3, -0.25) is 4.68 Å². The van der Waals surface area contributed by atoms with Crippen molar-refractivity contribution >= 4 is 0 Å². The highest BCUT2D eigenvalue weighted by Crippen LogP contribution is 1.99. The number of rotatable bonds is 7. The summed E-state index contributed by atoms with van der Waals surface area (Å²) >= 11 is 0. The molecule has 0 aromatic carbocycles. The van der Waals surface area contributed by atoms with E-state index in [4.69, 9.17) is 0 Å². The molecule has 1 aromatic heterocycles. The standard InChI is InChI=1S/C12H24N4/c1-10(2)7-13-6-5-12-9-16(15-14-12)8-11(3)4/h9-11,13H,5-8H2,1-4H3. The van der Waals surface area contributed by atoms with Crippen LogP contribution in [-0.2, 0) is 13.0 Å². The number of nitrogens with zero attached hydrogens (tertiary/aromatic N) is 3. The van der Waals surface area contributed by atoms with Crippen LogP contribution >= 0.6 is 0 Å². The van der Waals surface area contributed by atoms with Crippen molar-refractivity contribution in [3.05, 3.63) is 11.9 Å². The zero-order valence-electron chi connectivity index (χ0n) is 10.9. The third kappa shape index (κ3) is 5.26. The van der Waals surface area contributed by atoms with Gasteiger partial charge >= 0.3 is 0 Å². The van der Waals surface area contributed by atoms with E-state index in [1.165, 1.54) is 0 Å². The molecule has 0 saturated heterocycles. The van der Waals surface area contributed by atoms with Crippen LogP contribution in [0.4, 0.5) is 0 Å². The second-order valence-corrected chi connectivity index (χ2v) is 5.17. The maximum atomic E-state index is 4.16. The Labute approximate surface area is 98.4 Å². The molecule has 0 atom stereocenters. The summed E-state index contributed by atoms with van der Waals surface area (Å²) in [6.45, 7) is 11.8. The first kappa shape index (κ1) is 13.2. The Bertz CT molecular complexity index is 291. The molecular weight excluding hydrogens is 200 g/mol. The van der Waals surface area contributed by atoms with Gasteiger partial charge in [-0.15, -0.1) is 5.10 Å². The Morgan fingerprint density at radius 2 is 2.00 bits per heavy atom. The highest BCUT2D eigenvalue weighted by atomic mass is 15.4. The summed E-state index contributed by atoms with van der Waals surface area (Å²) in [5, 5.41) is 11.7. The van der Waals surface area contributed by atoms with E-state index < -0.39 is 0 Å². The number of aromatic nitrogens is 3. The van der Waals surface area contributed by atoms with E-state index in [2.05, 4.69) is 49.5 Å². The van der Waals surface area contributed by atoms with Gasteiger partial charge in [0, 0.05) is 25.7 Å². The molecule has 0 amide bonds. The van der Waals surface area contributed by atoms with Crippen LogP contribution in [0.25, 0.3) is 0 Å². The van der Waals surface area contributed by atoms with Gasteiger partial charge in [-0.05, 0) is 18.4 Å². The van der Waals surface area contributed by atoms with E-state index in [1.807, 2.05) is 4.68 Å². The van der Waals surface area contributed by atoms with Crippen LogP contribution < -0.4 is 5.32 Å². The van der Waals surface area contributed by atoms with Crippen LogP contribution in [0.15, 0.2) is 6.20 Å². The first-order chi connectivity index (χ1) is 7.58. The average Bonchev–Trinajstić information content (AvgIpc) is 2.59. The molecule has 0 fully saturated rings. The zero-order valence-corrected chi connectivity index (χ0v) is 10.9. The Hall–Kier alpha value is -0.900. The van der Waals surface area contributed by atoms with Crippen molar-refractivity contribution in [2.75, 3.05) is 13.1 Å². The molecule has 0 bridgehead atoms. The van der Waals surface area contributed by atoms with Crippen LogP contribution in [0.5, 0.6) is 0 Å². The van der Waals surface area contributed by atoms with Crippen molar-refractivity contribution in [1.29, 1.82) is 0 Å². The molecule has 0 aliphatic carbocycles. The monoisotopic (exact) mass is 224 g/mol. The summed E-state index contributed by atoms with van der Waals surface area (Å²) in [7, 11) is 0. The van der Waals surface area contributed by atoms with Gasteiger partial charge in [-0.2, -0.15) is 0 Å². The highest BCUT2D eigenvalue weighted by molar-refractivity contribution is 4.92. The fourth-order valence-corrected chi connectivity index (χ4v) is 1.52. The van der Waals surface area contributed by atoms with Crippen molar-refractivity contribution in [2.24, 2.45) is 11.8 Å². The Balaban J connectivity index is 2.24. The van der Waals surface area contributed by atoms with Gasteiger partial charge in [0.1, 0.15) is 0 Å². The van der Waals surface area contributed by atoms with Gasteiger partial charge in [0.05, 0.1) is 5.69 Å². The average molecular weight is 224 g/mol. The number of hydrogen-bond acceptors (Lipinski definition) is 3. The minimum Gasteiger partial charge on any atom is -0.316 e. The molecule has 0 radical (unpaired) electrons. The second kappa shape index (κ2) is 6.63. The van der Waals surface area contributed by atoms with Gasteiger partial charge in [0.15, 0.2) is 0 Å². The Morgan fingerprint density at radius 3 is 2.62 bits per heavy atom. The van der Waals surface area contributed by atoms with Gasteiger partial charge in [0.2, 0.25) is 0 Å². The summed E-state index contributed by atoms with van der Waals surface area (Å²) < 4.78 is 1.93. The molecule has 4 nitrogen and oxygen atoms in total. The predicted molar refractivity (Wildman–Crippen MR) is 66.3 cm³/mol. The molecule has 92 valence electrons. The first-order valence-electron chi connectivity index (χ1n) is 6.17. The van der Waals surface area contributed by atoms with E-state index in [0.29, 0.717) is 11.8 Å². The van der Waals surface area contributed by atoms with Crippen LogP contribution in [0, 0.1) is 11.8 Å². The van der Waals surface area contributed by atoms with Crippen molar-refractivity contribution < 1.29 is 0 Å². The summed E-state index contributed by atoms with van der Waals surface area (Å²) in [6.07, 6.45) is 3.02. The maximum absolute atomic E-state index is 4.16. The normalized spacial score (nSPS) is 11.6. The number of hydrogen-bond donors (Lipinski definition) is 1. The fraction of sp³-hybridized carbons (Fsp3) is 0.833. The van der Waals surface area contributed by atoms with E-state index in [-0.39, 0.29) is 0 Å². The third-order valence-electron chi connectivity index (χ3n) is 2.25. The number of nitrogens with one attached hydrogen (secondary N) is 1. The smallest absolute Gasteiger partial charge is 0.0839 e. The van der Waals surface area contributed by atoms with Crippen LogP contribution in [0.1, 0.15) is 33.4 Å². The quantitative estimate of drug-likeness (QED) is 0.717. The van der Waals surface area contributed by atoms with Crippen molar-refractivity contribution in [2.45, 2.75) is 40.7 Å². The van der Waals surface area contributed by atoms with Gasteiger partial charge in [-0.25, -0.2) is 0 Å². The van der Waals surface area contributed by atoms with E-state index in [9.17, 15) is 0 Å². The van der Waals surface area contributed by atoms with Crippen LogP contribution in [0.2, 0.25) is 0 Å². The summed E-state index contributed by atoms with van der Waals surface area (Å²) in [6, 6.07) is 0. The Kier molecular flexibility index (Phi) is 5.46. The van der Waals surface area contributed by atoms with E-state index >= 15 is 0 Å². The summed E-state index contributed by atoms with van der Waals surface area (Å²) in [5.74, 6) is 1.32. The molecule has 0 spiro atoms. The second-order valence-electron chi connectivity index (χ2n) is 5.17. The minimum absolute atomic E-state index is 0.619. The van der Waals surface area contributed by atoms with Crippen molar-refractivity contribution in [3.8, 4) is 0 Å². The van der Waals surface area contributed by atoms with Crippen LogP contribution in [-0.4, -0.2) is 28.1 Å². The molecule has 1 rings (SSSR count). The molecule has 1 aromatic rings. The molecular formula is C12H24N4. The first-order valence-corrected chi connectivity index (χ1v) is 6.17. The molecule has 16 heavy (non-hydrogen) atoms. The zero-order chi connectivity index (χ0) is 12.0. The molecule has 0 unspecified atom stereocenters. The maximum Gasteiger partial charge on any atom is 0.0839 e. The molecule has 1 N–H and O–H groups in total. The lowest BCUT2D eigenvalue weighted by molar-refractivity contribution is 0.472. The van der Waals surface area contributed by atoms with Crippen LogP contribution in [0.3, 0.4) is 0 Å². The van der Waals surface area contributed by atoms with E-state index in [0.717, 1.165) is 31.7 Å². The van der Waals surface area contributed by atoms with E-state index in [1.54, 1.807) is 0 Å². The minimum atomic E-state index is 0.619. The van der Waals surface area contributed by atoms with Gasteiger partial charge in [-0.1, -0.05) is 32.9 Å². The summed E-state index contributed by atoms with van der Waals surface area (Å²) in [5.41, 5.74) is 1.08. The van der Waals surface area contributed by atoms with Gasteiger partial charge < -0.3 is 5.32 Å². The topological polar surface area (TPSA) is 42.7 Å². The largest absolute Gasteiger partial charge is 0.316 e. The summed E-state index contributed by atoms with van der Waals surface area (Å²) in [4.78, 5) is 0. The molecule has 1 heterocycles. The molecule has 0 aliphatic heterocycles. The lowest BCUT2D eigenvalue weighted by Crippen LogP contribution is -2.22. The SMILES string of the molecule is CC(C)CNCCc1cn(CC(C)C)nn1. The van der Waals surface area contributed by atoms with Crippen molar-refractivity contribution in [1.82, 2.24) is 20.3 Å². The molecule has 4 heteroatoms. The fourth-order valence-electron chi connectivity index (χ4n) is 1.52. The molecule has 0 aliphatic rings. The lowest BCUT2D eigenvalue weighted by Gasteiger charge is -2.05. The lowest BCUT2D eigenvalue weighted by atomic mass is 10.2. The molecule has 0 saturated carbocycles. The Morgan fingerprint density at radius 1 is 1.25 bits per heavy atom. The third-order valence-corrected chi connectivity index (χ3v) is 2.25. The predicted octanol–water partition coefficient (Wildman–Crippen LogP) is 1.72.